The van der Waals surface area contributed by atoms with Crippen molar-refractivity contribution in [2.24, 2.45) is 0 Å². The largest absolute Gasteiger partial charge is 0.298 e. The van der Waals surface area contributed by atoms with Gasteiger partial charge in [-0.1, -0.05) is 29.8 Å². The molecule has 24 heavy (non-hydrogen) atoms. The van der Waals surface area contributed by atoms with E-state index in [1.165, 1.54) is 29.2 Å². The second kappa shape index (κ2) is 6.51. The van der Waals surface area contributed by atoms with Gasteiger partial charge in [-0.05, 0) is 48.6 Å². The van der Waals surface area contributed by atoms with Crippen LogP contribution in [0.2, 0.25) is 5.02 Å². The van der Waals surface area contributed by atoms with E-state index in [0.717, 1.165) is 0 Å². The Morgan fingerprint density at radius 3 is 2.42 bits per heavy atom. The highest BCUT2D eigenvalue weighted by atomic mass is 35.5. The van der Waals surface area contributed by atoms with Crippen molar-refractivity contribution in [1.82, 2.24) is 5.32 Å². The summed E-state index contributed by atoms with van der Waals surface area (Å²) < 4.78 is 13.8. The maximum absolute atomic E-state index is 13.8. The monoisotopic (exact) mass is 360 g/mol. The van der Waals surface area contributed by atoms with Crippen molar-refractivity contribution in [3.63, 3.8) is 0 Å². The van der Waals surface area contributed by atoms with E-state index < -0.39 is 17.6 Å². The molecule has 3 rings (SSSR count). The second-order valence-electron chi connectivity index (χ2n) is 4.96. The smallest absolute Gasteiger partial charge is 0.270 e. The highest BCUT2D eigenvalue weighted by Crippen LogP contribution is 2.24. The number of carbonyl (C=O) groups is 2. The fourth-order valence-corrected chi connectivity index (χ4v) is 2.64. The van der Waals surface area contributed by atoms with Gasteiger partial charge in [0, 0.05) is 10.6 Å². The first kappa shape index (κ1) is 16.3. The molecular formula is C17H10ClFN2O2S. The number of nitrogens with one attached hydrogen (secondary N) is 1. The lowest BCUT2D eigenvalue weighted by molar-refractivity contribution is -0.122. The molecule has 0 unspecified atom stereocenters. The number of hydrogen-bond acceptors (Lipinski definition) is 3. The van der Waals surface area contributed by atoms with Gasteiger partial charge in [0.25, 0.3) is 11.8 Å². The minimum Gasteiger partial charge on any atom is -0.298 e. The molecule has 2 aromatic rings. The van der Waals surface area contributed by atoms with Crippen LogP contribution in [0.25, 0.3) is 6.08 Å². The zero-order valence-corrected chi connectivity index (χ0v) is 13.7. The van der Waals surface area contributed by atoms with Crippen molar-refractivity contribution in [1.29, 1.82) is 0 Å². The van der Waals surface area contributed by atoms with Crippen molar-refractivity contribution in [2.75, 3.05) is 4.90 Å². The molecule has 0 atom stereocenters. The molecule has 0 bridgehead atoms. The van der Waals surface area contributed by atoms with Crippen LogP contribution in [0.5, 0.6) is 0 Å². The lowest BCUT2D eigenvalue weighted by atomic mass is 10.1. The van der Waals surface area contributed by atoms with E-state index in [-0.39, 0.29) is 16.2 Å². The van der Waals surface area contributed by atoms with Gasteiger partial charge < -0.3 is 0 Å². The topological polar surface area (TPSA) is 49.4 Å². The van der Waals surface area contributed by atoms with Gasteiger partial charge in [0.1, 0.15) is 11.4 Å². The minimum absolute atomic E-state index is 0.0435. The molecule has 0 saturated carbocycles. The first-order valence-electron chi connectivity index (χ1n) is 6.89. The average molecular weight is 361 g/mol. The van der Waals surface area contributed by atoms with Gasteiger partial charge in [0.2, 0.25) is 0 Å². The Labute approximate surface area is 147 Å². The van der Waals surface area contributed by atoms with Gasteiger partial charge in [0.15, 0.2) is 5.11 Å². The van der Waals surface area contributed by atoms with Gasteiger partial charge in [-0.25, -0.2) is 4.39 Å². The summed E-state index contributed by atoms with van der Waals surface area (Å²) in [6, 6.07) is 12.3. The molecule has 1 N–H and O–H groups in total. The van der Waals surface area contributed by atoms with E-state index in [1.54, 1.807) is 30.3 Å². The van der Waals surface area contributed by atoms with Gasteiger partial charge in [-0.2, -0.15) is 0 Å². The van der Waals surface area contributed by atoms with E-state index in [9.17, 15) is 14.0 Å². The summed E-state index contributed by atoms with van der Waals surface area (Å²) in [5.74, 6) is -1.83. The van der Waals surface area contributed by atoms with Crippen LogP contribution in [0.1, 0.15) is 5.56 Å². The van der Waals surface area contributed by atoms with E-state index in [4.69, 9.17) is 23.8 Å². The van der Waals surface area contributed by atoms with Crippen LogP contribution in [0.15, 0.2) is 54.1 Å². The Balaban J connectivity index is 2.03. The summed E-state index contributed by atoms with van der Waals surface area (Å²) >= 11 is 10.9. The maximum Gasteiger partial charge on any atom is 0.270 e. The van der Waals surface area contributed by atoms with Crippen molar-refractivity contribution < 1.29 is 14.0 Å². The Morgan fingerprint density at radius 1 is 1.08 bits per heavy atom. The van der Waals surface area contributed by atoms with Crippen molar-refractivity contribution >= 4 is 52.5 Å². The lowest BCUT2D eigenvalue weighted by Crippen LogP contribution is -2.54. The lowest BCUT2D eigenvalue weighted by Gasteiger charge is -2.28. The van der Waals surface area contributed by atoms with Crippen LogP contribution >= 0.6 is 23.8 Å². The number of nitrogens with zero attached hydrogens (tertiary/aromatic N) is 1. The van der Waals surface area contributed by atoms with Gasteiger partial charge in [-0.3, -0.25) is 19.8 Å². The van der Waals surface area contributed by atoms with E-state index in [0.29, 0.717) is 10.7 Å². The maximum atomic E-state index is 13.8. The van der Waals surface area contributed by atoms with Gasteiger partial charge in [-0.15, -0.1) is 0 Å². The first-order valence-corrected chi connectivity index (χ1v) is 7.67. The highest BCUT2D eigenvalue weighted by molar-refractivity contribution is 7.80. The Morgan fingerprint density at radius 2 is 1.75 bits per heavy atom. The molecule has 1 fully saturated rings. The Hall–Kier alpha value is -2.57. The molecule has 0 aromatic heterocycles. The van der Waals surface area contributed by atoms with Crippen LogP contribution in [-0.4, -0.2) is 16.9 Å². The summed E-state index contributed by atoms with van der Waals surface area (Å²) in [5.41, 5.74) is 0.386. The summed E-state index contributed by atoms with van der Waals surface area (Å²) in [5, 5.41) is 2.89. The number of carbonyl (C=O) groups excluding carboxylic acids is 2. The van der Waals surface area contributed by atoms with Crippen molar-refractivity contribution in [3.8, 4) is 0 Å². The summed E-state index contributed by atoms with van der Waals surface area (Å²) in [6.45, 7) is 0. The molecule has 7 heteroatoms. The number of hydrogen-bond donors (Lipinski definition) is 1. The predicted octanol–water partition coefficient (Wildman–Crippen LogP) is 3.31. The van der Waals surface area contributed by atoms with Crippen molar-refractivity contribution in [3.05, 3.63) is 70.5 Å². The molecule has 1 saturated heterocycles. The zero-order chi connectivity index (χ0) is 17.3. The molecule has 2 amide bonds. The molecule has 1 heterocycles. The summed E-state index contributed by atoms with van der Waals surface area (Å²) in [7, 11) is 0. The third-order valence-electron chi connectivity index (χ3n) is 3.39. The average Bonchev–Trinajstić information content (AvgIpc) is 2.54. The first-order chi connectivity index (χ1) is 11.5. The molecular weight excluding hydrogens is 351 g/mol. The minimum atomic E-state index is -0.668. The predicted molar refractivity (Wildman–Crippen MR) is 94.1 cm³/mol. The second-order valence-corrected chi connectivity index (χ2v) is 5.78. The van der Waals surface area contributed by atoms with Gasteiger partial charge >= 0.3 is 0 Å². The Kier molecular flexibility index (Phi) is 4.42. The van der Waals surface area contributed by atoms with Crippen LogP contribution < -0.4 is 10.2 Å². The summed E-state index contributed by atoms with van der Waals surface area (Å²) in [6.07, 6.45) is 1.21. The molecule has 120 valence electrons. The number of amides is 2. The third-order valence-corrected chi connectivity index (χ3v) is 3.93. The fraction of sp³-hybridized carbons (Fsp3) is 0. The number of halogens is 2. The van der Waals surface area contributed by atoms with Crippen LogP contribution in [0, 0.1) is 5.82 Å². The van der Waals surface area contributed by atoms with Crippen LogP contribution in [-0.2, 0) is 9.59 Å². The molecule has 0 radical (unpaired) electrons. The quantitative estimate of drug-likeness (QED) is 0.508. The van der Waals surface area contributed by atoms with E-state index >= 15 is 0 Å². The molecule has 1 aliphatic heterocycles. The van der Waals surface area contributed by atoms with Crippen molar-refractivity contribution in [2.45, 2.75) is 0 Å². The zero-order valence-electron chi connectivity index (χ0n) is 12.1. The number of benzene rings is 2. The number of anilines is 1. The summed E-state index contributed by atoms with van der Waals surface area (Å²) in [4.78, 5) is 26.0. The number of rotatable bonds is 2. The van der Waals surface area contributed by atoms with Crippen LogP contribution in [0.4, 0.5) is 10.1 Å². The third kappa shape index (κ3) is 3.06. The molecule has 2 aromatic carbocycles. The fourth-order valence-electron chi connectivity index (χ4n) is 2.23. The number of thiocarbonyl (C=S) groups is 1. The van der Waals surface area contributed by atoms with Gasteiger partial charge in [0.05, 0.1) is 5.69 Å². The van der Waals surface area contributed by atoms with Crippen LogP contribution in [0.3, 0.4) is 0 Å². The molecule has 0 aliphatic carbocycles. The standard InChI is InChI=1S/C17H10ClFN2O2S/c18-11-5-7-12(8-6-11)21-16(23)13(15(22)20-17(21)24)9-10-3-1-2-4-14(10)19/h1-9H,(H,20,22,24). The highest BCUT2D eigenvalue weighted by Gasteiger charge is 2.34. The molecule has 1 aliphatic rings. The normalized spacial score (nSPS) is 16.5. The molecule has 0 spiro atoms. The Bertz CT molecular complexity index is 880. The van der Waals surface area contributed by atoms with E-state index in [2.05, 4.69) is 5.32 Å². The SMILES string of the molecule is O=C1NC(=S)N(c2ccc(Cl)cc2)C(=O)C1=Cc1ccccc1F. The van der Waals surface area contributed by atoms with E-state index in [1.807, 2.05) is 0 Å². The molecule has 4 nitrogen and oxygen atoms in total.